The minimum Gasteiger partial charge on any atom is -0.493 e. The molecule has 9 heteroatoms. The van der Waals surface area contributed by atoms with E-state index in [1.54, 1.807) is 0 Å². The highest BCUT2D eigenvalue weighted by molar-refractivity contribution is 5.96. The fraction of sp³-hybridized carbons (Fsp3) is 0.588. The Morgan fingerprint density at radius 2 is 1.73 bits per heavy atom. The van der Waals surface area contributed by atoms with Crippen molar-refractivity contribution in [3.8, 4) is 17.2 Å². The number of carbonyl (C=O) groups excluding carboxylic acids is 1. The molecule has 0 heterocycles. The maximum atomic E-state index is 12.6. The van der Waals surface area contributed by atoms with Crippen molar-refractivity contribution in [2.45, 2.75) is 39.3 Å². The van der Waals surface area contributed by atoms with E-state index in [-0.39, 0.29) is 41.8 Å². The minimum atomic E-state index is -3.05. The smallest absolute Gasteiger partial charge is 0.387 e. The summed E-state index contributed by atoms with van der Waals surface area (Å²) in [7, 11) is 2.58. The minimum absolute atomic E-state index is 0. The van der Waals surface area contributed by atoms with Crippen LogP contribution in [0.1, 0.15) is 37.6 Å². The molecule has 0 aliphatic rings. The van der Waals surface area contributed by atoms with Crippen molar-refractivity contribution in [1.29, 1.82) is 0 Å². The van der Waals surface area contributed by atoms with Gasteiger partial charge >= 0.3 is 6.61 Å². The van der Waals surface area contributed by atoms with E-state index in [0.29, 0.717) is 12.3 Å². The molecule has 150 valence electrons. The van der Waals surface area contributed by atoms with Crippen LogP contribution in [0.25, 0.3) is 0 Å². The molecule has 1 rings (SSSR count). The highest BCUT2D eigenvalue weighted by atomic mass is 35.5. The van der Waals surface area contributed by atoms with Crippen LogP contribution in [-0.2, 0) is 0 Å². The Morgan fingerprint density at radius 3 is 2.08 bits per heavy atom. The van der Waals surface area contributed by atoms with E-state index in [2.05, 4.69) is 10.1 Å². The number of hydrogen-bond donors (Lipinski definition) is 2. The van der Waals surface area contributed by atoms with Crippen molar-refractivity contribution in [2.75, 3.05) is 20.8 Å². The summed E-state index contributed by atoms with van der Waals surface area (Å²) in [5, 5.41) is 2.89. The summed E-state index contributed by atoms with van der Waals surface area (Å²) in [6.45, 7) is 3.13. The van der Waals surface area contributed by atoms with Gasteiger partial charge in [0.1, 0.15) is 0 Å². The molecular weight excluding hydrogens is 370 g/mol. The van der Waals surface area contributed by atoms with Gasteiger partial charge in [0, 0.05) is 17.6 Å². The summed E-state index contributed by atoms with van der Waals surface area (Å²) in [5.41, 5.74) is 5.41. The number of carbonyl (C=O) groups is 1. The first-order chi connectivity index (χ1) is 11.7. The zero-order valence-corrected chi connectivity index (χ0v) is 16.4. The first-order valence-corrected chi connectivity index (χ1v) is 7.89. The van der Waals surface area contributed by atoms with Crippen molar-refractivity contribution in [1.82, 2.24) is 5.32 Å². The molecule has 0 saturated carbocycles. The van der Waals surface area contributed by atoms with Crippen molar-refractivity contribution in [2.24, 2.45) is 11.7 Å². The first kappa shape index (κ1) is 24.2. The van der Waals surface area contributed by atoms with Crippen LogP contribution in [0.4, 0.5) is 8.78 Å². The van der Waals surface area contributed by atoms with Gasteiger partial charge in [-0.25, -0.2) is 0 Å². The topological polar surface area (TPSA) is 82.8 Å². The molecule has 0 radical (unpaired) electrons. The quantitative estimate of drug-likeness (QED) is 0.669. The van der Waals surface area contributed by atoms with E-state index in [0.717, 1.165) is 0 Å². The average Bonchev–Trinajstić information content (AvgIpc) is 2.53. The van der Waals surface area contributed by atoms with Gasteiger partial charge < -0.3 is 25.3 Å². The summed E-state index contributed by atoms with van der Waals surface area (Å²) in [6, 6.07) is 2.64. The number of hydrogen-bond acceptors (Lipinski definition) is 5. The first-order valence-electron chi connectivity index (χ1n) is 7.89. The molecule has 0 spiro atoms. The second-order valence-corrected chi connectivity index (χ2v) is 6.41. The number of methoxy groups -OCH3 is 2. The molecule has 6 nitrogen and oxygen atoms in total. The fourth-order valence-electron chi connectivity index (χ4n) is 2.65. The number of nitrogens with one attached hydrogen (secondary N) is 1. The molecule has 0 aliphatic heterocycles. The highest BCUT2D eigenvalue weighted by Gasteiger charge is 2.28. The van der Waals surface area contributed by atoms with Crippen LogP contribution in [0.15, 0.2) is 12.1 Å². The summed E-state index contributed by atoms with van der Waals surface area (Å²) in [5.74, 6) is -0.389. The Labute approximate surface area is 158 Å². The molecular formula is C17H27ClF2N2O4. The molecule has 0 aromatic heterocycles. The maximum absolute atomic E-state index is 12.6. The largest absolute Gasteiger partial charge is 0.493 e. The van der Waals surface area contributed by atoms with Crippen LogP contribution in [-0.4, -0.2) is 38.8 Å². The number of rotatable bonds is 9. The monoisotopic (exact) mass is 396 g/mol. The molecule has 1 aromatic carbocycles. The van der Waals surface area contributed by atoms with Crippen LogP contribution in [0, 0.1) is 5.92 Å². The zero-order valence-electron chi connectivity index (χ0n) is 15.6. The third-order valence-electron chi connectivity index (χ3n) is 3.65. The number of amides is 1. The number of halogens is 3. The molecule has 0 aliphatic carbocycles. The second-order valence-electron chi connectivity index (χ2n) is 6.41. The van der Waals surface area contributed by atoms with Gasteiger partial charge in [-0.2, -0.15) is 8.78 Å². The van der Waals surface area contributed by atoms with Gasteiger partial charge in [-0.3, -0.25) is 4.79 Å². The Hall–Kier alpha value is -1.80. The lowest BCUT2D eigenvalue weighted by Gasteiger charge is -2.31. The van der Waals surface area contributed by atoms with E-state index >= 15 is 0 Å². The number of benzene rings is 1. The number of nitrogens with two attached hydrogens (primary N) is 1. The SMILES string of the molecule is COc1cc(C(=O)NC(C)(CN)CC(C)C)cc(OC)c1OC(F)F.Cl. The zero-order chi connectivity index (χ0) is 19.2. The third-order valence-corrected chi connectivity index (χ3v) is 3.65. The molecule has 26 heavy (non-hydrogen) atoms. The third kappa shape index (κ3) is 6.49. The van der Waals surface area contributed by atoms with E-state index < -0.39 is 18.1 Å². The van der Waals surface area contributed by atoms with Gasteiger partial charge in [0.15, 0.2) is 11.5 Å². The van der Waals surface area contributed by atoms with E-state index in [4.69, 9.17) is 15.2 Å². The molecule has 1 unspecified atom stereocenters. The van der Waals surface area contributed by atoms with Crippen molar-refractivity contribution >= 4 is 18.3 Å². The van der Waals surface area contributed by atoms with Gasteiger partial charge in [0.25, 0.3) is 5.91 Å². The molecule has 0 saturated heterocycles. The Morgan fingerprint density at radius 1 is 1.23 bits per heavy atom. The van der Waals surface area contributed by atoms with E-state index in [1.807, 2.05) is 20.8 Å². The van der Waals surface area contributed by atoms with Crippen LogP contribution in [0.3, 0.4) is 0 Å². The Kier molecular flexibility index (Phi) is 9.66. The predicted octanol–water partition coefficient (Wildman–Crippen LogP) is 3.22. The predicted molar refractivity (Wildman–Crippen MR) is 97.8 cm³/mol. The van der Waals surface area contributed by atoms with Crippen LogP contribution < -0.4 is 25.3 Å². The van der Waals surface area contributed by atoms with Crippen molar-refractivity contribution < 1.29 is 27.8 Å². The van der Waals surface area contributed by atoms with E-state index in [1.165, 1.54) is 26.4 Å². The van der Waals surface area contributed by atoms with Crippen molar-refractivity contribution in [3.05, 3.63) is 17.7 Å². The highest BCUT2D eigenvalue weighted by Crippen LogP contribution is 2.39. The molecule has 0 bridgehead atoms. The standard InChI is InChI=1S/C17H26F2N2O4.ClH/c1-10(2)8-17(3,9-20)21-15(22)11-6-12(23-4)14(25-16(18)19)13(7-11)24-5;/h6-7,10,16H,8-9,20H2,1-5H3,(H,21,22);1H. The molecule has 1 atom stereocenters. The molecule has 1 amide bonds. The lowest BCUT2D eigenvalue weighted by atomic mass is 9.90. The fourth-order valence-corrected chi connectivity index (χ4v) is 2.65. The number of alkyl halides is 2. The van der Waals surface area contributed by atoms with Crippen LogP contribution in [0.2, 0.25) is 0 Å². The maximum Gasteiger partial charge on any atom is 0.387 e. The lowest BCUT2D eigenvalue weighted by Crippen LogP contribution is -2.52. The van der Waals surface area contributed by atoms with Gasteiger partial charge in [-0.15, -0.1) is 12.4 Å². The number of ether oxygens (including phenoxy) is 3. The van der Waals surface area contributed by atoms with Gasteiger partial charge in [0.2, 0.25) is 5.75 Å². The van der Waals surface area contributed by atoms with Gasteiger partial charge in [-0.1, -0.05) is 13.8 Å². The van der Waals surface area contributed by atoms with Gasteiger partial charge in [0.05, 0.1) is 14.2 Å². The molecule has 1 aromatic rings. The average molecular weight is 397 g/mol. The van der Waals surface area contributed by atoms with Crippen molar-refractivity contribution in [3.63, 3.8) is 0 Å². The normalized spacial score (nSPS) is 13.0. The Bertz CT molecular complexity index is 577. The Balaban J connectivity index is 0.00000625. The summed E-state index contributed by atoms with van der Waals surface area (Å²) in [4.78, 5) is 12.6. The second kappa shape index (κ2) is 10.4. The molecule has 0 fully saturated rings. The van der Waals surface area contributed by atoms with E-state index in [9.17, 15) is 13.6 Å². The summed E-state index contributed by atoms with van der Waals surface area (Å²) in [6.07, 6.45) is 0.691. The lowest BCUT2D eigenvalue weighted by molar-refractivity contribution is -0.0526. The van der Waals surface area contributed by atoms with Crippen LogP contribution in [0.5, 0.6) is 17.2 Å². The van der Waals surface area contributed by atoms with Gasteiger partial charge in [-0.05, 0) is 31.4 Å². The molecule has 3 N–H and O–H groups in total. The summed E-state index contributed by atoms with van der Waals surface area (Å²) < 4.78 is 39.7. The summed E-state index contributed by atoms with van der Waals surface area (Å²) >= 11 is 0. The van der Waals surface area contributed by atoms with Crippen LogP contribution >= 0.6 is 12.4 Å².